The summed E-state index contributed by atoms with van der Waals surface area (Å²) in [5, 5.41) is 5.61. The molecular weight excluding hydrogens is 340 g/mol. The molecule has 0 saturated heterocycles. The van der Waals surface area contributed by atoms with E-state index >= 15 is 0 Å². The monoisotopic (exact) mass is 368 g/mol. The number of benzene rings is 2. The van der Waals surface area contributed by atoms with Crippen LogP contribution in [0.15, 0.2) is 42.5 Å². The van der Waals surface area contributed by atoms with Crippen molar-refractivity contribution in [3.8, 4) is 5.75 Å². The van der Waals surface area contributed by atoms with Gasteiger partial charge in [-0.3, -0.25) is 9.59 Å². The zero-order chi connectivity index (χ0) is 19.6. The summed E-state index contributed by atoms with van der Waals surface area (Å²) in [5.74, 6) is 0.417. The van der Waals surface area contributed by atoms with Gasteiger partial charge in [-0.25, -0.2) is 0 Å². The van der Waals surface area contributed by atoms with Crippen molar-refractivity contribution in [3.05, 3.63) is 53.6 Å². The number of anilines is 2. The number of nitrogens with one attached hydrogen (secondary N) is 2. The van der Waals surface area contributed by atoms with E-state index in [-0.39, 0.29) is 11.8 Å². The molecule has 5 heteroatoms. The first kappa shape index (κ1) is 20.5. The summed E-state index contributed by atoms with van der Waals surface area (Å²) in [6, 6.07) is 12.5. The normalized spacial score (nSPS) is 10.3. The molecule has 0 bridgehead atoms. The fraction of sp³-hybridized carbons (Fsp3) is 0.364. The number of aryl methyl sites for hydroxylation is 1. The molecule has 2 N–H and O–H groups in total. The Hall–Kier alpha value is -2.82. The van der Waals surface area contributed by atoms with Crippen molar-refractivity contribution in [2.45, 2.75) is 46.5 Å². The van der Waals surface area contributed by atoms with Crippen LogP contribution in [0.4, 0.5) is 11.4 Å². The van der Waals surface area contributed by atoms with Crippen LogP contribution < -0.4 is 15.4 Å². The lowest BCUT2D eigenvalue weighted by atomic mass is 10.1. The van der Waals surface area contributed by atoms with Gasteiger partial charge in [-0.2, -0.15) is 0 Å². The van der Waals surface area contributed by atoms with Gasteiger partial charge in [-0.05, 0) is 55.3 Å². The van der Waals surface area contributed by atoms with Gasteiger partial charge < -0.3 is 15.4 Å². The lowest BCUT2D eigenvalue weighted by Gasteiger charge is -2.11. The number of amides is 2. The fourth-order valence-corrected chi connectivity index (χ4v) is 2.65. The van der Waals surface area contributed by atoms with Gasteiger partial charge in [0.2, 0.25) is 5.91 Å². The predicted octanol–water partition coefficient (Wildman–Crippen LogP) is 5.16. The Bertz CT molecular complexity index is 770. The van der Waals surface area contributed by atoms with E-state index in [9.17, 15) is 9.59 Å². The van der Waals surface area contributed by atoms with Gasteiger partial charge in [0.05, 0.1) is 6.61 Å². The van der Waals surface area contributed by atoms with Gasteiger partial charge in [0.1, 0.15) is 5.75 Å². The van der Waals surface area contributed by atoms with E-state index in [0.29, 0.717) is 23.5 Å². The molecule has 0 aliphatic heterocycles. The van der Waals surface area contributed by atoms with Crippen molar-refractivity contribution in [1.29, 1.82) is 0 Å². The molecule has 0 radical (unpaired) electrons. The third-order valence-electron chi connectivity index (χ3n) is 4.19. The van der Waals surface area contributed by atoms with E-state index in [1.807, 2.05) is 31.2 Å². The Morgan fingerprint density at radius 3 is 2.37 bits per heavy atom. The zero-order valence-electron chi connectivity index (χ0n) is 16.3. The Morgan fingerprint density at radius 1 is 0.963 bits per heavy atom. The highest BCUT2D eigenvalue weighted by Gasteiger charge is 2.08. The summed E-state index contributed by atoms with van der Waals surface area (Å²) in [7, 11) is 0. The second kappa shape index (κ2) is 10.4. The van der Waals surface area contributed by atoms with Gasteiger partial charge in [-0.15, -0.1) is 0 Å². The van der Waals surface area contributed by atoms with Crippen LogP contribution in [0.2, 0.25) is 0 Å². The standard InChI is InChI=1S/C22H28N2O3/c1-4-5-6-7-14-27-20-12-9-18(10-13-20)22(26)24-19-11-8-16(2)21(15-19)23-17(3)25/h8-13,15H,4-7,14H2,1-3H3,(H,23,25)(H,24,26). The molecule has 0 saturated carbocycles. The summed E-state index contributed by atoms with van der Waals surface area (Å²) in [4.78, 5) is 23.7. The van der Waals surface area contributed by atoms with Crippen LogP contribution in [-0.2, 0) is 4.79 Å². The summed E-state index contributed by atoms with van der Waals surface area (Å²) >= 11 is 0. The zero-order valence-corrected chi connectivity index (χ0v) is 16.3. The molecule has 144 valence electrons. The van der Waals surface area contributed by atoms with E-state index in [0.717, 1.165) is 17.7 Å². The van der Waals surface area contributed by atoms with Crippen LogP contribution in [0, 0.1) is 6.92 Å². The van der Waals surface area contributed by atoms with Gasteiger partial charge in [0, 0.05) is 23.9 Å². The molecule has 0 spiro atoms. The highest BCUT2D eigenvalue weighted by atomic mass is 16.5. The molecule has 2 amide bonds. The van der Waals surface area contributed by atoms with E-state index in [1.165, 1.54) is 26.2 Å². The highest BCUT2D eigenvalue weighted by molar-refractivity contribution is 6.04. The number of rotatable bonds is 9. The van der Waals surface area contributed by atoms with Crippen LogP contribution in [-0.4, -0.2) is 18.4 Å². The van der Waals surface area contributed by atoms with Gasteiger partial charge in [0.25, 0.3) is 5.91 Å². The molecule has 5 nitrogen and oxygen atoms in total. The summed E-state index contributed by atoms with van der Waals surface area (Å²) in [5.41, 5.74) is 2.80. The Labute approximate surface area is 161 Å². The maximum absolute atomic E-state index is 12.4. The van der Waals surface area contributed by atoms with Crippen molar-refractivity contribution in [3.63, 3.8) is 0 Å². The van der Waals surface area contributed by atoms with E-state index < -0.39 is 0 Å². The molecule has 2 rings (SSSR count). The van der Waals surface area contributed by atoms with Gasteiger partial charge in [-0.1, -0.05) is 32.3 Å². The molecule has 0 aliphatic carbocycles. The second-order valence-corrected chi connectivity index (χ2v) is 6.60. The maximum atomic E-state index is 12.4. The first-order valence-electron chi connectivity index (χ1n) is 9.42. The van der Waals surface area contributed by atoms with E-state index in [2.05, 4.69) is 17.6 Å². The summed E-state index contributed by atoms with van der Waals surface area (Å²) in [6.07, 6.45) is 4.65. The molecule has 0 atom stereocenters. The van der Waals surface area contributed by atoms with Crippen molar-refractivity contribution >= 4 is 23.2 Å². The average molecular weight is 368 g/mol. The number of carbonyl (C=O) groups is 2. The molecule has 0 aliphatic rings. The molecule has 0 aromatic heterocycles. The molecule has 2 aromatic rings. The average Bonchev–Trinajstić information content (AvgIpc) is 2.64. The molecule has 27 heavy (non-hydrogen) atoms. The first-order chi connectivity index (χ1) is 13.0. The SMILES string of the molecule is CCCCCCOc1ccc(C(=O)Nc2ccc(C)c(NC(C)=O)c2)cc1. The minimum atomic E-state index is -0.206. The van der Waals surface area contributed by atoms with Crippen LogP contribution in [0.5, 0.6) is 5.75 Å². The Balaban J connectivity index is 1.93. The van der Waals surface area contributed by atoms with E-state index in [1.54, 1.807) is 18.2 Å². The van der Waals surface area contributed by atoms with Crippen molar-refractivity contribution in [2.75, 3.05) is 17.2 Å². The minimum absolute atomic E-state index is 0.146. The predicted molar refractivity (Wildman–Crippen MR) is 110 cm³/mol. The summed E-state index contributed by atoms with van der Waals surface area (Å²) in [6.45, 7) is 6.23. The van der Waals surface area contributed by atoms with Crippen LogP contribution >= 0.6 is 0 Å². The van der Waals surface area contributed by atoms with Crippen LogP contribution in [0.3, 0.4) is 0 Å². The van der Waals surface area contributed by atoms with Crippen molar-refractivity contribution in [2.24, 2.45) is 0 Å². The van der Waals surface area contributed by atoms with Crippen LogP contribution in [0.25, 0.3) is 0 Å². The van der Waals surface area contributed by atoms with Crippen molar-refractivity contribution < 1.29 is 14.3 Å². The quantitative estimate of drug-likeness (QED) is 0.600. The molecule has 2 aromatic carbocycles. The molecule has 0 fully saturated rings. The van der Waals surface area contributed by atoms with Crippen LogP contribution in [0.1, 0.15) is 55.5 Å². The third kappa shape index (κ3) is 6.77. The highest BCUT2D eigenvalue weighted by Crippen LogP contribution is 2.21. The largest absolute Gasteiger partial charge is 0.494 e. The first-order valence-corrected chi connectivity index (χ1v) is 9.42. The summed E-state index contributed by atoms with van der Waals surface area (Å²) < 4.78 is 5.70. The van der Waals surface area contributed by atoms with Crippen molar-refractivity contribution in [1.82, 2.24) is 0 Å². The minimum Gasteiger partial charge on any atom is -0.494 e. The third-order valence-corrected chi connectivity index (χ3v) is 4.19. The lowest BCUT2D eigenvalue weighted by molar-refractivity contribution is -0.114. The number of hydrogen-bond acceptors (Lipinski definition) is 3. The number of hydrogen-bond donors (Lipinski definition) is 2. The molecular formula is C22H28N2O3. The Morgan fingerprint density at radius 2 is 1.70 bits per heavy atom. The smallest absolute Gasteiger partial charge is 0.255 e. The Kier molecular flexibility index (Phi) is 7.86. The number of ether oxygens (including phenoxy) is 1. The van der Waals surface area contributed by atoms with Gasteiger partial charge in [0.15, 0.2) is 0 Å². The fourth-order valence-electron chi connectivity index (χ4n) is 2.65. The van der Waals surface area contributed by atoms with E-state index in [4.69, 9.17) is 4.74 Å². The molecule has 0 heterocycles. The topological polar surface area (TPSA) is 67.4 Å². The maximum Gasteiger partial charge on any atom is 0.255 e. The number of carbonyl (C=O) groups excluding carboxylic acids is 2. The lowest BCUT2D eigenvalue weighted by Crippen LogP contribution is -2.13. The molecule has 0 unspecified atom stereocenters. The second-order valence-electron chi connectivity index (χ2n) is 6.60. The number of unbranched alkanes of at least 4 members (excludes halogenated alkanes) is 3. The van der Waals surface area contributed by atoms with Gasteiger partial charge >= 0.3 is 0 Å².